The van der Waals surface area contributed by atoms with Gasteiger partial charge < -0.3 is 9.26 Å². The Bertz CT molecular complexity index is 990. The molecule has 0 aliphatic carbocycles. The second-order valence-electron chi connectivity index (χ2n) is 7.08. The highest BCUT2D eigenvalue weighted by Gasteiger charge is 2.20. The molecule has 2 aromatic heterocycles. The quantitative estimate of drug-likeness (QED) is 0.660. The second-order valence-corrected chi connectivity index (χ2v) is 8.16. The van der Waals surface area contributed by atoms with Gasteiger partial charge in [0.1, 0.15) is 18.1 Å². The molecule has 0 spiro atoms. The molecule has 152 valence electrons. The number of carbonyl (C=O) groups excluding carboxylic acids is 1. The summed E-state index contributed by atoms with van der Waals surface area (Å²) in [5, 5.41) is 7.51. The molecule has 1 aliphatic heterocycles. The average Bonchev–Trinajstić information content (AvgIpc) is 3.28. The van der Waals surface area contributed by atoms with Crippen molar-refractivity contribution in [2.24, 2.45) is 0 Å². The molecular weight excluding hydrogens is 388 g/mol. The molecule has 29 heavy (non-hydrogen) atoms. The van der Waals surface area contributed by atoms with E-state index in [1.807, 2.05) is 13.8 Å². The molecule has 7 nitrogen and oxygen atoms in total. The van der Waals surface area contributed by atoms with Crippen LogP contribution in [-0.2, 0) is 19.6 Å². The highest BCUT2D eigenvalue weighted by molar-refractivity contribution is 7.15. The van der Waals surface area contributed by atoms with Gasteiger partial charge in [-0.25, -0.2) is 4.98 Å². The lowest BCUT2D eigenvalue weighted by Crippen LogP contribution is -2.29. The Kier molecular flexibility index (Phi) is 5.64. The zero-order chi connectivity index (χ0) is 20.4. The summed E-state index contributed by atoms with van der Waals surface area (Å²) >= 11 is 1.57. The number of amides is 1. The molecule has 4 rings (SSSR count). The van der Waals surface area contributed by atoms with Crippen molar-refractivity contribution in [1.29, 1.82) is 0 Å². The number of carbonyl (C=O) groups is 1. The second kappa shape index (κ2) is 8.34. The van der Waals surface area contributed by atoms with Crippen LogP contribution in [0.3, 0.4) is 0 Å². The van der Waals surface area contributed by atoms with E-state index in [4.69, 9.17) is 9.26 Å². The Morgan fingerprint density at radius 1 is 1.31 bits per heavy atom. The summed E-state index contributed by atoms with van der Waals surface area (Å²) in [6.45, 7) is 9.26. The van der Waals surface area contributed by atoms with Gasteiger partial charge in [0.2, 0.25) is 0 Å². The maximum atomic E-state index is 12.6. The van der Waals surface area contributed by atoms with Crippen molar-refractivity contribution in [3.8, 4) is 5.75 Å². The Balaban J connectivity index is 1.37. The predicted octanol–water partition coefficient (Wildman–Crippen LogP) is 3.96. The molecule has 3 heterocycles. The predicted molar refractivity (Wildman–Crippen MR) is 111 cm³/mol. The molecular formula is C21H24N4O3S. The lowest BCUT2D eigenvalue weighted by atomic mass is 10.2. The number of nitrogens with zero attached hydrogens (tertiary/aromatic N) is 3. The number of likely N-dealkylation sites (N-methyl/N-ethyl adjacent to an activating group) is 1. The first-order chi connectivity index (χ1) is 14.0. The number of hydrogen-bond acceptors (Lipinski definition) is 7. The minimum atomic E-state index is -0.166. The van der Waals surface area contributed by atoms with Gasteiger partial charge >= 0.3 is 0 Å². The average molecular weight is 413 g/mol. The maximum absolute atomic E-state index is 12.6. The van der Waals surface area contributed by atoms with Crippen molar-refractivity contribution < 1.29 is 14.1 Å². The van der Waals surface area contributed by atoms with Crippen molar-refractivity contribution in [2.75, 3.05) is 18.4 Å². The molecule has 0 unspecified atom stereocenters. The Labute approximate surface area is 173 Å². The summed E-state index contributed by atoms with van der Waals surface area (Å²) in [7, 11) is 0. The highest BCUT2D eigenvalue weighted by atomic mass is 32.1. The van der Waals surface area contributed by atoms with Gasteiger partial charge in [0.05, 0.1) is 17.0 Å². The van der Waals surface area contributed by atoms with E-state index in [9.17, 15) is 4.79 Å². The Morgan fingerprint density at radius 3 is 2.79 bits per heavy atom. The van der Waals surface area contributed by atoms with E-state index in [0.717, 1.165) is 48.8 Å². The SMILES string of the molecule is CCN1CCc2nc(NC(=O)c3ccc(OCc4c(C)noc4C)cc3)sc2C1. The van der Waals surface area contributed by atoms with Gasteiger partial charge in [-0.1, -0.05) is 12.1 Å². The van der Waals surface area contributed by atoms with Crippen molar-refractivity contribution >= 4 is 22.4 Å². The van der Waals surface area contributed by atoms with Crippen LogP contribution in [0.5, 0.6) is 5.75 Å². The number of anilines is 1. The van der Waals surface area contributed by atoms with E-state index < -0.39 is 0 Å². The number of aromatic nitrogens is 2. The van der Waals surface area contributed by atoms with Gasteiger partial charge in [-0.15, -0.1) is 11.3 Å². The number of thiazole rings is 1. The minimum Gasteiger partial charge on any atom is -0.489 e. The first kappa shape index (κ1) is 19.6. The third-order valence-electron chi connectivity index (χ3n) is 5.16. The molecule has 0 radical (unpaired) electrons. The van der Waals surface area contributed by atoms with E-state index in [-0.39, 0.29) is 5.91 Å². The Morgan fingerprint density at radius 2 is 2.10 bits per heavy atom. The molecule has 0 fully saturated rings. The van der Waals surface area contributed by atoms with Crippen LogP contribution < -0.4 is 10.1 Å². The molecule has 1 aromatic carbocycles. The zero-order valence-electron chi connectivity index (χ0n) is 16.8. The molecule has 1 amide bonds. The number of nitrogens with one attached hydrogen (secondary N) is 1. The summed E-state index contributed by atoms with van der Waals surface area (Å²) in [6, 6.07) is 7.09. The monoisotopic (exact) mass is 412 g/mol. The van der Waals surface area contributed by atoms with Crippen LogP contribution in [0.15, 0.2) is 28.8 Å². The fourth-order valence-electron chi connectivity index (χ4n) is 3.31. The molecule has 0 saturated carbocycles. The summed E-state index contributed by atoms with van der Waals surface area (Å²) in [4.78, 5) is 20.8. The van der Waals surface area contributed by atoms with Crippen LogP contribution in [0.1, 0.15) is 44.9 Å². The first-order valence-electron chi connectivity index (χ1n) is 9.70. The van der Waals surface area contributed by atoms with Gasteiger partial charge in [0, 0.05) is 30.0 Å². The maximum Gasteiger partial charge on any atom is 0.257 e. The third kappa shape index (κ3) is 4.33. The first-order valence-corrected chi connectivity index (χ1v) is 10.5. The highest BCUT2D eigenvalue weighted by Crippen LogP contribution is 2.28. The topological polar surface area (TPSA) is 80.5 Å². The lowest BCUT2D eigenvalue weighted by molar-refractivity contribution is 0.102. The van der Waals surface area contributed by atoms with Crippen LogP contribution in [-0.4, -0.2) is 34.0 Å². The molecule has 1 N–H and O–H groups in total. The van der Waals surface area contributed by atoms with Gasteiger partial charge in [0.15, 0.2) is 5.13 Å². The van der Waals surface area contributed by atoms with Gasteiger partial charge in [-0.3, -0.25) is 15.0 Å². The smallest absolute Gasteiger partial charge is 0.257 e. The minimum absolute atomic E-state index is 0.166. The van der Waals surface area contributed by atoms with Crippen LogP contribution >= 0.6 is 11.3 Å². The molecule has 3 aromatic rings. The number of ether oxygens (including phenoxy) is 1. The fraction of sp³-hybridized carbons (Fsp3) is 0.381. The zero-order valence-corrected chi connectivity index (χ0v) is 17.6. The summed E-state index contributed by atoms with van der Waals surface area (Å²) < 4.78 is 10.9. The number of fused-ring (bicyclic) bond motifs is 1. The number of rotatable bonds is 6. The van der Waals surface area contributed by atoms with Crippen LogP contribution in [0.2, 0.25) is 0 Å². The van der Waals surface area contributed by atoms with Gasteiger partial charge in [-0.05, 0) is 44.7 Å². The molecule has 8 heteroatoms. The number of hydrogen-bond donors (Lipinski definition) is 1. The van der Waals surface area contributed by atoms with Crippen molar-refractivity contribution in [3.63, 3.8) is 0 Å². The van der Waals surface area contributed by atoms with Crippen LogP contribution in [0.25, 0.3) is 0 Å². The van der Waals surface area contributed by atoms with Crippen LogP contribution in [0, 0.1) is 13.8 Å². The molecule has 0 atom stereocenters. The molecule has 1 aliphatic rings. The Hall–Kier alpha value is -2.71. The van der Waals surface area contributed by atoms with E-state index in [2.05, 4.69) is 27.3 Å². The standard InChI is InChI=1S/C21H24N4O3S/c1-4-25-10-9-18-19(11-25)29-21(22-18)23-20(26)15-5-7-16(8-6-15)27-12-17-13(2)24-28-14(17)3/h5-8H,4,9-12H2,1-3H3,(H,22,23,26). The van der Waals surface area contributed by atoms with E-state index in [0.29, 0.717) is 23.1 Å². The van der Waals surface area contributed by atoms with Crippen molar-refractivity contribution in [1.82, 2.24) is 15.0 Å². The van der Waals surface area contributed by atoms with E-state index in [1.54, 1.807) is 35.6 Å². The van der Waals surface area contributed by atoms with Crippen molar-refractivity contribution in [3.05, 3.63) is 57.4 Å². The molecule has 0 saturated heterocycles. The van der Waals surface area contributed by atoms with Crippen LogP contribution in [0.4, 0.5) is 5.13 Å². The number of aryl methyl sites for hydroxylation is 2. The summed E-state index contributed by atoms with van der Waals surface area (Å²) in [5.41, 5.74) is 3.45. The fourth-order valence-corrected chi connectivity index (χ4v) is 4.35. The van der Waals surface area contributed by atoms with Gasteiger partial charge in [-0.2, -0.15) is 0 Å². The summed E-state index contributed by atoms with van der Waals surface area (Å²) in [6.07, 6.45) is 0.937. The van der Waals surface area contributed by atoms with Gasteiger partial charge in [0.25, 0.3) is 5.91 Å². The van der Waals surface area contributed by atoms with Crippen molar-refractivity contribution in [2.45, 2.75) is 40.3 Å². The van der Waals surface area contributed by atoms with E-state index >= 15 is 0 Å². The largest absolute Gasteiger partial charge is 0.489 e. The third-order valence-corrected chi connectivity index (χ3v) is 6.16. The van der Waals surface area contributed by atoms with E-state index in [1.165, 1.54) is 4.88 Å². The lowest BCUT2D eigenvalue weighted by Gasteiger charge is -2.23. The molecule has 0 bridgehead atoms. The summed E-state index contributed by atoms with van der Waals surface area (Å²) in [5.74, 6) is 1.28. The number of benzene rings is 1. The normalized spacial score (nSPS) is 13.9.